The van der Waals surface area contributed by atoms with Crippen LogP contribution in [0.2, 0.25) is 0 Å². The maximum atomic E-state index is 12.7. The number of carbonyl (C=O) groups excluding carboxylic acids is 2. The first-order valence-electron chi connectivity index (χ1n) is 8.72. The molecule has 2 aromatic rings. The number of aryl methyl sites for hydroxylation is 1. The molecule has 1 atom stereocenters. The summed E-state index contributed by atoms with van der Waals surface area (Å²) in [5.41, 5.74) is 4.20. The standard InChI is InChI=1S/C21H23NO4/c1-15-7-6-10-17-11-12-22(18(20(15)17)13-19(23)25-2)21(24)26-14-16-8-4-3-5-9-16/h3-10,18H,11-14H2,1-2H3. The van der Waals surface area contributed by atoms with Crippen LogP contribution in [0.5, 0.6) is 0 Å². The Bertz CT molecular complexity index is 788. The highest BCUT2D eigenvalue weighted by atomic mass is 16.6. The van der Waals surface area contributed by atoms with E-state index in [4.69, 9.17) is 9.47 Å². The molecule has 1 heterocycles. The molecule has 1 unspecified atom stereocenters. The molecule has 136 valence electrons. The van der Waals surface area contributed by atoms with E-state index in [1.807, 2.05) is 49.4 Å². The Labute approximate surface area is 153 Å². The Morgan fingerprint density at radius 1 is 1.12 bits per heavy atom. The van der Waals surface area contributed by atoms with Crippen molar-refractivity contribution in [1.82, 2.24) is 4.90 Å². The Morgan fingerprint density at radius 2 is 1.88 bits per heavy atom. The largest absolute Gasteiger partial charge is 0.469 e. The predicted molar refractivity (Wildman–Crippen MR) is 97.6 cm³/mol. The van der Waals surface area contributed by atoms with Gasteiger partial charge in [0.05, 0.1) is 19.6 Å². The van der Waals surface area contributed by atoms with E-state index in [0.717, 1.165) is 23.1 Å². The summed E-state index contributed by atoms with van der Waals surface area (Å²) in [6.07, 6.45) is 0.459. The summed E-state index contributed by atoms with van der Waals surface area (Å²) < 4.78 is 10.4. The predicted octanol–water partition coefficient (Wildman–Crippen LogP) is 3.79. The van der Waals surface area contributed by atoms with Crippen molar-refractivity contribution in [2.75, 3.05) is 13.7 Å². The number of fused-ring (bicyclic) bond motifs is 1. The lowest BCUT2D eigenvalue weighted by Crippen LogP contribution is -2.41. The maximum absolute atomic E-state index is 12.7. The number of nitrogens with zero attached hydrogens (tertiary/aromatic N) is 1. The molecule has 0 N–H and O–H groups in total. The highest BCUT2D eigenvalue weighted by Gasteiger charge is 2.34. The molecule has 2 aromatic carbocycles. The lowest BCUT2D eigenvalue weighted by Gasteiger charge is -2.37. The van der Waals surface area contributed by atoms with Gasteiger partial charge in [-0.15, -0.1) is 0 Å². The number of carbonyl (C=O) groups is 2. The zero-order chi connectivity index (χ0) is 18.5. The van der Waals surface area contributed by atoms with Crippen molar-refractivity contribution in [2.24, 2.45) is 0 Å². The van der Waals surface area contributed by atoms with E-state index in [2.05, 4.69) is 6.07 Å². The molecule has 5 heteroatoms. The van der Waals surface area contributed by atoms with E-state index in [9.17, 15) is 9.59 Å². The molecule has 1 aliphatic rings. The Kier molecular flexibility index (Phi) is 5.56. The minimum atomic E-state index is -0.406. The lowest BCUT2D eigenvalue weighted by atomic mass is 9.87. The van der Waals surface area contributed by atoms with Gasteiger partial charge in [-0.1, -0.05) is 48.5 Å². The van der Waals surface area contributed by atoms with Gasteiger partial charge in [-0.05, 0) is 35.6 Å². The van der Waals surface area contributed by atoms with E-state index in [0.29, 0.717) is 6.54 Å². The molecule has 0 fully saturated rings. The first kappa shape index (κ1) is 18.0. The summed E-state index contributed by atoms with van der Waals surface area (Å²) in [7, 11) is 1.36. The van der Waals surface area contributed by atoms with Gasteiger partial charge in [0.15, 0.2) is 0 Å². The van der Waals surface area contributed by atoms with Gasteiger partial charge < -0.3 is 14.4 Å². The van der Waals surface area contributed by atoms with Crippen LogP contribution in [-0.4, -0.2) is 30.6 Å². The Hall–Kier alpha value is -2.82. The van der Waals surface area contributed by atoms with Crippen LogP contribution in [0, 0.1) is 6.92 Å². The lowest BCUT2D eigenvalue weighted by molar-refractivity contribution is -0.142. The number of methoxy groups -OCH3 is 1. The van der Waals surface area contributed by atoms with Crippen molar-refractivity contribution in [3.63, 3.8) is 0 Å². The summed E-state index contributed by atoms with van der Waals surface area (Å²) in [5, 5.41) is 0. The van der Waals surface area contributed by atoms with Crippen molar-refractivity contribution < 1.29 is 19.1 Å². The topological polar surface area (TPSA) is 55.8 Å². The Morgan fingerprint density at radius 3 is 2.62 bits per heavy atom. The Balaban J connectivity index is 1.81. The first-order chi connectivity index (χ1) is 12.6. The van der Waals surface area contributed by atoms with E-state index in [-0.39, 0.29) is 25.0 Å². The van der Waals surface area contributed by atoms with E-state index in [1.54, 1.807) is 4.90 Å². The zero-order valence-electron chi connectivity index (χ0n) is 15.1. The van der Waals surface area contributed by atoms with Crippen LogP contribution in [0.4, 0.5) is 4.79 Å². The molecular formula is C21H23NO4. The van der Waals surface area contributed by atoms with Crippen LogP contribution in [0.1, 0.15) is 34.7 Å². The van der Waals surface area contributed by atoms with Crippen molar-refractivity contribution in [3.8, 4) is 0 Å². The van der Waals surface area contributed by atoms with Gasteiger partial charge in [-0.25, -0.2) is 4.79 Å². The highest BCUT2D eigenvalue weighted by molar-refractivity contribution is 5.74. The first-order valence-corrected chi connectivity index (χ1v) is 8.72. The number of hydrogen-bond acceptors (Lipinski definition) is 4. The summed E-state index contributed by atoms with van der Waals surface area (Å²) in [6, 6.07) is 15.3. The number of rotatable bonds is 4. The summed E-state index contributed by atoms with van der Waals surface area (Å²) in [4.78, 5) is 26.3. The highest BCUT2D eigenvalue weighted by Crippen LogP contribution is 2.35. The average molecular weight is 353 g/mol. The second kappa shape index (κ2) is 8.04. The van der Waals surface area contributed by atoms with Crippen LogP contribution in [-0.2, 0) is 27.3 Å². The molecule has 5 nitrogen and oxygen atoms in total. The van der Waals surface area contributed by atoms with E-state index in [1.165, 1.54) is 12.7 Å². The quantitative estimate of drug-likeness (QED) is 0.785. The van der Waals surface area contributed by atoms with Crippen molar-refractivity contribution in [1.29, 1.82) is 0 Å². The zero-order valence-corrected chi connectivity index (χ0v) is 15.1. The maximum Gasteiger partial charge on any atom is 0.410 e. The minimum Gasteiger partial charge on any atom is -0.469 e. The van der Waals surface area contributed by atoms with Crippen molar-refractivity contribution >= 4 is 12.1 Å². The molecule has 0 radical (unpaired) electrons. The van der Waals surface area contributed by atoms with E-state index >= 15 is 0 Å². The van der Waals surface area contributed by atoms with Crippen molar-refractivity contribution in [3.05, 3.63) is 70.8 Å². The van der Waals surface area contributed by atoms with Gasteiger partial charge in [-0.2, -0.15) is 0 Å². The third-order valence-electron chi connectivity index (χ3n) is 4.77. The van der Waals surface area contributed by atoms with Crippen LogP contribution in [0.25, 0.3) is 0 Å². The number of ether oxygens (including phenoxy) is 2. The smallest absolute Gasteiger partial charge is 0.410 e. The molecule has 0 aliphatic carbocycles. The van der Waals surface area contributed by atoms with Crippen LogP contribution in [0.15, 0.2) is 48.5 Å². The van der Waals surface area contributed by atoms with Crippen molar-refractivity contribution in [2.45, 2.75) is 32.4 Å². The second-order valence-corrected chi connectivity index (χ2v) is 6.43. The molecular weight excluding hydrogens is 330 g/mol. The average Bonchev–Trinajstić information content (AvgIpc) is 2.67. The number of amides is 1. The van der Waals surface area contributed by atoms with Gasteiger partial charge in [0, 0.05) is 6.54 Å². The third-order valence-corrected chi connectivity index (χ3v) is 4.77. The summed E-state index contributed by atoms with van der Waals surface area (Å²) in [5.74, 6) is -0.341. The van der Waals surface area contributed by atoms with Gasteiger partial charge in [0.1, 0.15) is 6.61 Å². The van der Waals surface area contributed by atoms with Gasteiger partial charge in [-0.3, -0.25) is 4.79 Å². The minimum absolute atomic E-state index is 0.120. The van der Waals surface area contributed by atoms with E-state index < -0.39 is 6.09 Å². The SMILES string of the molecule is COC(=O)CC1c2c(C)cccc2CCN1C(=O)OCc1ccccc1. The fraction of sp³-hybridized carbons (Fsp3) is 0.333. The normalized spacial score (nSPS) is 15.9. The van der Waals surface area contributed by atoms with Gasteiger partial charge in [0.25, 0.3) is 0 Å². The molecule has 26 heavy (non-hydrogen) atoms. The molecule has 1 aliphatic heterocycles. The molecule has 1 amide bonds. The monoisotopic (exact) mass is 353 g/mol. The number of esters is 1. The molecule has 0 saturated carbocycles. The molecule has 0 aromatic heterocycles. The molecule has 3 rings (SSSR count). The van der Waals surface area contributed by atoms with Crippen LogP contribution in [0.3, 0.4) is 0 Å². The summed E-state index contributed by atoms with van der Waals surface area (Å²) >= 11 is 0. The summed E-state index contributed by atoms with van der Waals surface area (Å²) in [6.45, 7) is 2.73. The number of hydrogen-bond donors (Lipinski definition) is 0. The second-order valence-electron chi connectivity index (χ2n) is 6.43. The van der Waals surface area contributed by atoms with Crippen LogP contribution < -0.4 is 0 Å². The molecule has 0 saturated heterocycles. The van der Waals surface area contributed by atoms with Gasteiger partial charge >= 0.3 is 12.1 Å². The molecule has 0 bridgehead atoms. The third kappa shape index (κ3) is 3.87. The fourth-order valence-corrected chi connectivity index (χ4v) is 3.46. The fourth-order valence-electron chi connectivity index (χ4n) is 3.46. The molecule has 0 spiro atoms. The van der Waals surface area contributed by atoms with Gasteiger partial charge in [0.2, 0.25) is 0 Å². The van der Waals surface area contributed by atoms with Crippen LogP contribution >= 0.6 is 0 Å². The number of benzene rings is 2.